The summed E-state index contributed by atoms with van der Waals surface area (Å²) in [7, 11) is 0. The van der Waals surface area contributed by atoms with Crippen LogP contribution in [0.5, 0.6) is 0 Å². The van der Waals surface area contributed by atoms with Crippen molar-refractivity contribution in [3.63, 3.8) is 0 Å². The monoisotopic (exact) mass is 748 g/mol. The van der Waals surface area contributed by atoms with E-state index in [0.29, 0.717) is 24.7 Å². The number of ether oxygens (including phenoxy) is 4. The standard InChI is InChI=1S/C41H64O12/c1-20-10-15-41(36(49)53-35-33(48)31(46)30(45)24(18-42)51-35)17-16-39(6)22(28(41)21(20)2)8-9-26-38(5)13-12-27(37(3,4)25(38)11-14-40(26,39)7)52-34-32(47)29(44)23(43)19-50-34/h8,20,23-27,29-35,42-48H,9-19H2,1-7H3/t20-,23-,24+,25-,26+,27-,29-,30+,31-,32+,33+,34-,35-,38-,39+,40+,41-/m0/s1. The summed E-state index contributed by atoms with van der Waals surface area (Å²) in [5.74, 6) is 0.468. The summed E-state index contributed by atoms with van der Waals surface area (Å²) in [6, 6.07) is 0. The average Bonchev–Trinajstić information content (AvgIpc) is 3.11. The number of carbonyl (C=O) groups is 1. The van der Waals surface area contributed by atoms with Crippen molar-refractivity contribution < 1.29 is 59.5 Å². The molecule has 7 rings (SSSR count). The van der Waals surface area contributed by atoms with Crippen LogP contribution in [0, 0.1) is 44.8 Å². The Morgan fingerprint density at radius 1 is 0.830 bits per heavy atom. The molecule has 0 radical (unpaired) electrons. The first-order valence-electron chi connectivity index (χ1n) is 20.0. The Balaban J connectivity index is 1.18. The fourth-order valence-electron chi connectivity index (χ4n) is 12.9. The largest absolute Gasteiger partial charge is 0.432 e. The van der Waals surface area contributed by atoms with Gasteiger partial charge in [-0.3, -0.25) is 4.79 Å². The zero-order valence-corrected chi connectivity index (χ0v) is 32.5. The molecule has 0 spiro atoms. The molecule has 2 aliphatic heterocycles. The minimum absolute atomic E-state index is 0.0109. The van der Waals surface area contributed by atoms with E-state index in [1.807, 2.05) is 0 Å². The first-order chi connectivity index (χ1) is 24.8. The summed E-state index contributed by atoms with van der Waals surface area (Å²) in [5.41, 5.74) is 1.97. The third-order valence-corrected chi connectivity index (χ3v) is 16.6. The highest BCUT2D eigenvalue weighted by atomic mass is 16.7. The van der Waals surface area contributed by atoms with E-state index in [2.05, 4.69) is 54.5 Å². The molecular formula is C41H64O12. The van der Waals surface area contributed by atoms with Crippen LogP contribution in [-0.2, 0) is 23.7 Å². The summed E-state index contributed by atoms with van der Waals surface area (Å²) in [5, 5.41) is 72.3. The number of rotatable bonds is 5. The first kappa shape index (κ1) is 39.8. The maximum atomic E-state index is 14.5. The molecule has 7 N–H and O–H groups in total. The highest BCUT2D eigenvalue weighted by Gasteiger charge is 2.69. The van der Waals surface area contributed by atoms with Crippen LogP contribution in [0.25, 0.3) is 0 Å². The molecule has 300 valence electrons. The van der Waals surface area contributed by atoms with Gasteiger partial charge in [0.05, 0.1) is 24.7 Å². The number of fused-ring (bicyclic) bond motifs is 7. The molecule has 2 saturated heterocycles. The molecule has 5 fully saturated rings. The number of aliphatic hydroxyl groups excluding tert-OH is 7. The van der Waals surface area contributed by atoms with E-state index in [1.54, 1.807) is 0 Å². The van der Waals surface area contributed by atoms with Gasteiger partial charge in [-0.25, -0.2) is 0 Å². The fraction of sp³-hybridized carbons (Fsp3) is 0.878. The highest BCUT2D eigenvalue weighted by Crippen LogP contribution is 2.75. The molecule has 3 saturated carbocycles. The van der Waals surface area contributed by atoms with Crippen molar-refractivity contribution in [2.75, 3.05) is 13.2 Å². The number of esters is 1. The molecule has 5 aliphatic carbocycles. The molecular weight excluding hydrogens is 684 g/mol. The fourth-order valence-corrected chi connectivity index (χ4v) is 12.9. The average molecular weight is 749 g/mol. The van der Waals surface area contributed by atoms with Crippen molar-refractivity contribution in [1.82, 2.24) is 0 Å². The summed E-state index contributed by atoms with van der Waals surface area (Å²) in [4.78, 5) is 14.5. The number of allylic oxidation sites excluding steroid dienone is 3. The summed E-state index contributed by atoms with van der Waals surface area (Å²) < 4.78 is 23.7. The van der Waals surface area contributed by atoms with Crippen molar-refractivity contribution >= 4 is 5.97 Å². The maximum Gasteiger partial charge on any atom is 0.318 e. The molecule has 0 bridgehead atoms. The van der Waals surface area contributed by atoms with E-state index in [0.717, 1.165) is 50.5 Å². The molecule has 12 heteroatoms. The van der Waals surface area contributed by atoms with Gasteiger partial charge in [0.15, 0.2) is 6.29 Å². The van der Waals surface area contributed by atoms with Gasteiger partial charge in [0.25, 0.3) is 0 Å². The van der Waals surface area contributed by atoms with Gasteiger partial charge < -0.3 is 54.7 Å². The molecule has 0 amide bonds. The van der Waals surface area contributed by atoms with Gasteiger partial charge in [-0.2, -0.15) is 0 Å². The number of aliphatic hydroxyl groups is 7. The molecule has 53 heavy (non-hydrogen) atoms. The number of hydrogen-bond donors (Lipinski definition) is 7. The van der Waals surface area contributed by atoms with Crippen LogP contribution >= 0.6 is 0 Å². The molecule has 7 aliphatic rings. The molecule has 2 heterocycles. The smallest absolute Gasteiger partial charge is 0.318 e. The summed E-state index contributed by atoms with van der Waals surface area (Å²) in [6.07, 6.45) is -2.77. The lowest BCUT2D eigenvalue weighted by molar-refractivity contribution is -0.308. The minimum atomic E-state index is -1.66. The second kappa shape index (κ2) is 13.6. The third kappa shape index (κ3) is 5.70. The Morgan fingerprint density at radius 3 is 2.23 bits per heavy atom. The van der Waals surface area contributed by atoms with Crippen LogP contribution in [-0.4, -0.2) is 116 Å². The Hall–Kier alpha value is -1.45. The second-order valence-electron chi connectivity index (χ2n) is 19.2. The SMILES string of the molecule is CC1=C2C3=CC[C@@H]4[C@@]5(C)CC[C@H](O[C@@H]6OC[C@H](O)[C@H](O)[C@H]6O)C(C)(C)[C@@H]5CC[C@@]4(C)[C@]3(C)CC[C@@]2(C(=O)O[C@@H]2O[C@H](CO)[C@@H](O)[C@H](O)[C@H]2O)CC[C@@H]1C. The first-order valence-corrected chi connectivity index (χ1v) is 20.0. The normalized spacial score (nSPS) is 52.3. The molecule has 0 aromatic rings. The van der Waals surface area contributed by atoms with E-state index in [9.17, 15) is 40.5 Å². The lowest BCUT2D eigenvalue weighted by atomic mass is 9.34. The Bertz CT molecular complexity index is 1490. The van der Waals surface area contributed by atoms with Crippen LogP contribution in [0.4, 0.5) is 0 Å². The van der Waals surface area contributed by atoms with Crippen LogP contribution in [0.3, 0.4) is 0 Å². The van der Waals surface area contributed by atoms with Gasteiger partial charge in [0, 0.05) is 0 Å². The quantitative estimate of drug-likeness (QED) is 0.161. The van der Waals surface area contributed by atoms with E-state index < -0.39 is 73.3 Å². The van der Waals surface area contributed by atoms with Crippen molar-refractivity contribution in [2.24, 2.45) is 44.8 Å². The van der Waals surface area contributed by atoms with Gasteiger partial charge in [0.1, 0.15) is 42.7 Å². The molecule has 12 nitrogen and oxygen atoms in total. The number of hydrogen-bond acceptors (Lipinski definition) is 12. The van der Waals surface area contributed by atoms with E-state index in [1.165, 1.54) is 11.1 Å². The number of carbonyl (C=O) groups excluding carboxylic acids is 1. The van der Waals surface area contributed by atoms with Crippen molar-refractivity contribution in [2.45, 2.75) is 168 Å². The van der Waals surface area contributed by atoms with Crippen molar-refractivity contribution in [3.8, 4) is 0 Å². The van der Waals surface area contributed by atoms with Gasteiger partial charge in [-0.15, -0.1) is 0 Å². The van der Waals surface area contributed by atoms with E-state index in [-0.39, 0.29) is 40.3 Å². The predicted molar refractivity (Wildman–Crippen MR) is 192 cm³/mol. The lowest BCUT2D eigenvalue weighted by Crippen LogP contribution is -2.65. The molecule has 0 aromatic carbocycles. The topological polar surface area (TPSA) is 196 Å². The zero-order chi connectivity index (χ0) is 38.6. The predicted octanol–water partition coefficient (Wildman–Crippen LogP) is 2.88. The third-order valence-electron chi connectivity index (χ3n) is 16.6. The second-order valence-corrected chi connectivity index (χ2v) is 19.2. The van der Waals surface area contributed by atoms with Crippen LogP contribution in [0.2, 0.25) is 0 Å². The Labute approximate surface area is 313 Å². The Kier molecular flexibility index (Phi) is 10.2. The van der Waals surface area contributed by atoms with Crippen molar-refractivity contribution in [3.05, 3.63) is 22.8 Å². The van der Waals surface area contributed by atoms with Gasteiger partial charge in [-0.1, -0.05) is 53.2 Å². The van der Waals surface area contributed by atoms with Gasteiger partial charge in [-0.05, 0) is 115 Å². The van der Waals surface area contributed by atoms with Crippen LogP contribution in [0.15, 0.2) is 22.8 Å². The molecule has 0 unspecified atom stereocenters. The summed E-state index contributed by atoms with van der Waals surface area (Å²) >= 11 is 0. The zero-order valence-electron chi connectivity index (χ0n) is 32.5. The van der Waals surface area contributed by atoms with E-state index >= 15 is 0 Å². The van der Waals surface area contributed by atoms with Gasteiger partial charge in [0.2, 0.25) is 6.29 Å². The highest BCUT2D eigenvalue weighted by molar-refractivity contribution is 5.84. The Morgan fingerprint density at radius 2 is 1.53 bits per heavy atom. The van der Waals surface area contributed by atoms with Gasteiger partial charge >= 0.3 is 5.97 Å². The maximum absolute atomic E-state index is 14.5. The molecule has 17 atom stereocenters. The summed E-state index contributed by atoms with van der Waals surface area (Å²) in [6.45, 7) is 15.5. The van der Waals surface area contributed by atoms with E-state index in [4.69, 9.17) is 18.9 Å². The van der Waals surface area contributed by atoms with Crippen LogP contribution in [0.1, 0.15) is 106 Å². The van der Waals surface area contributed by atoms with Crippen LogP contribution < -0.4 is 0 Å². The molecule has 0 aromatic heterocycles. The van der Waals surface area contributed by atoms with Crippen molar-refractivity contribution in [1.29, 1.82) is 0 Å². The minimum Gasteiger partial charge on any atom is -0.432 e. The lowest BCUT2D eigenvalue weighted by Gasteiger charge is -2.70.